The van der Waals surface area contributed by atoms with Crippen molar-refractivity contribution >= 4 is 49.2 Å². The molecule has 0 spiro atoms. The lowest BCUT2D eigenvalue weighted by molar-refractivity contribution is 0.486. The molecular formula is C12H7BrCl2O3S. The summed E-state index contributed by atoms with van der Waals surface area (Å²) in [4.78, 5) is -0.238. The fraction of sp³-hybridized carbons (Fsp3) is 0. The molecule has 2 rings (SSSR count). The van der Waals surface area contributed by atoms with Crippen LogP contribution in [0.2, 0.25) is 10.0 Å². The van der Waals surface area contributed by atoms with Gasteiger partial charge in [0, 0.05) is 4.47 Å². The van der Waals surface area contributed by atoms with Crippen molar-refractivity contribution < 1.29 is 12.6 Å². The average Bonchev–Trinajstić information content (AvgIpc) is 2.27. The quantitative estimate of drug-likeness (QED) is 0.734. The Balaban J connectivity index is 2.44. The summed E-state index contributed by atoms with van der Waals surface area (Å²) < 4.78 is 30.0. The van der Waals surface area contributed by atoms with E-state index in [0.717, 1.165) is 0 Å². The molecule has 0 heterocycles. The molecule has 0 atom stereocenters. The lowest BCUT2D eigenvalue weighted by atomic mass is 10.3. The molecule has 0 aliphatic carbocycles. The van der Waals surface area contributed by atoms with Gasteiger partial charge >= 0.3 is 10.1 Å². The van der Waals surface area contributed by atoms with Crippen LogP contribution in [0.3, 0.4) is 0 Å². The topological polar surface area (TPSA) is 43.4 Å². The Morgan fingerprint density at radius 2 is 1.58 bits per heavy atom. The molecule has 19 heavy (non-hydrogen) atoms. The van der Waals surface area contributed by atoms with Gasteiger partial charge in [0.1, 0.15) is 10.6 Å². The van der Waals surface area contributed by atoms with Gasteiger partial charge in [0.25, 0.3) is 0 Å². The van der Waals surface area contributed by atoms with Crippen molar-refractivity contribution in [2.24, 2.45) is 0 Å². The van der Waals surface area contributed by atoms with E-state index in [2.05, 4.69) is 15.9 Å². The largest absolute Gasteiger partial charge is 0.379 e. The van der Waals surface area contributed by atoms with Crippen LogP contribution in [0, 0.1) is 0 Å². The first kappa shape index (κ1) is 14.7. The molecule has 7 heteroatoms. The molecule has 0 unspecified atom stereocenters. The van der Waals surface area contributed by atoms with Crippen molar-refractivity contribution in [1.82, 2.24) is 0 Å². The number of benzene rings is 2. The van der Waals surface area contributed by atoms with E-state index in [9.17, 15) is 8.42 Å². The molecular weight excluding hydrogens is 375 g/mol. The van der Waals surface area contributed by atoms with Crippen LogP contribution in [-0.4, -0.2) is 8.42 Å². The zero-order valence-corrected chi connectivity index (χ0v) is 13.2. The van der Waals surface area contributed by atoms with Crippen molar-refractivity contribution in [2.45, 2.75) is 4.90 Å². The molecule has 0 aromatic heterocycles. The minimum absolute atomic E-state index is 0.0162. The van der Waals surface area contributed by atoms with E-state index in [1.54, 1.807) is 18.2 Å². The van der Waals surface area contributed by atoms with E-state index in [-0.39, 0.29) is 20.7 Å². The number of hydrogen-bond donors (Lipinski definition) is 0. The highest BCUT2D eigenvalue weighted by atomic mass is 79.9. The lowest BCUT2D eigenvalue weighted by Crippen LogP contribution is -2.11. The van der Waals surface area contributed by atoms with E-state index in [1.165, 1.54) is 24.3 Å². The molecule has 0 radical (unpaired) electrons. The van der Waals surface area contributed by atoms with E-state index in [0.29, 0.717) is 4.47 Å². The average molecular weight is 382 g/mol. The van der Waals surface area contributed by atoms with Gasteiger partial charge in [-0.1, -0.05) is 51.3 Å². The molecule has 0 aliphatic rings. The van der Waals surface area contributed by atoms with Gasteiger partial charge in [-0.15, -0.1) is 0 Å². The third kappa shape index (κ3) is 3.42. The maximum Gasteiger partial charge on any atom is 0.342 e. The highest BCUT2D eigenvalue weighted by molar-refractivity contribution is 9.10. The van der Waals surface area contributed by atoms with Crippen LogP contribution in [0.4, 0.5) is 0 Å². The molecule has 0 bridgehead atoms. The molecule has 2 aromatic carbocycles. The van der Waals surface area contributed by atoms with Crippen LogP contribution in [-0.2, 0) is 10.1 Å². The Morgan fingerprint density at radius 3 is 2.16 bits per heavy atom. The molecule has 2 aromatic rings. The summed E-state index contributed by atoms with van der Waals surface area (Å²) in [5.74, 6) is 0.172. The van der Waals surface area contributed by atoms with Crippen LogP contribution < -0.4 is 4.18 Å². The summed E-state index contributed by atoms with van der Waals surface area (Å²) in [7, 11) is -4.08. The van der Waals surface area contributed by atoms with E-state index in [4.69, 9.17) is 27.4 Å². The number of rotatable bonds is 3. The van der Waals surface area contributed by atoms with E-state index < -0.39 is 10.1 Å². The summed E-state index contributed by atoms with van der Waals surface area (Å²) in [6, 6.07) is 10.9. The molecule has 0 amide bonds. The molecule has 0 N–H and O–H groups in total. The zero-order chi connectivity index (χ0) is 14.0. The summed E-state index contributed by atoms with van der Waals surface area (Å²) in [6.07, 6.45) is 0. The number of hydrogen-bond acceptors (Lipinski definition) is 3. The van der Waals surface area contributed by atoms with Gasteiger partial charge in [0.05, 0.1) is 10.0 Å². The molecule has 0 fully saturated rings. The maximum atomic E-state index is 12.1. The Hall–Kier alpha value is -0.750. The van der Waals surface area contributed by atoms with Gasteiger partial charge < -0.3 is 4.18 Å². The zero-order valence-electron chi connectivity index (χ0n) is 9.31. The van der Waals surface area contributed by atoms with Gasteiger partial charge in [-0.25, -0.2) is 0 Å². The Labute approximate surface area is 129 Å². The van der Waals surface area contributed by atoms with Crippen LogP contribution in [0.5, 0.6) is 5.75 Å². The fourth-order valence-corrected chi connectivity index (χ4v) is 3.81. The summed E-state index contributed by atoms with van der Waals surface area (Å²) in [5, 5.41) is 0.0324. The second-order valence-corrected chi connectivity index (χ2v) is 6.76. The Kier molecular flexibility index (Phi) is 4.40. The monoisotopic (exact) mass is 380 g/mol. The first-order valence-electron chi connectivity index (χ1n) is 5.04. The molecule has 0 aliphatic heterocycles. The van der Waals surface area contributed by atoms with Crippen molar-refractivity contribution in [1.29, 1.82) is 0 Å². The highest BCUT2D eigenvalue weighted by Gasteiger charge is 2.23. The fourth-order valence-electron chi connectivity index (χ4n) is 1.41. The van der Waals surface area contributed by atoms with Gasteiger partial charge in [0.2, 0.25) is 0 Å². The summed E-state index contributed by atoms with van der Waals surface area (Å²) in [6.45, 7) is 0. The second-order valence-electron chi connectivity index (χ2n) is 3.55. The highest BCUT2D eigenvalue weighted by Crippen LogP contribution is 2.31. The summed E-state index contributed by atoms with van der Waals surface area (Å²) >= 11 is 14.9. The van der Waals surface area contributed by atoms with Crippen molar-refractivity contribution in [3.63, 3.8) is 0 Å². The van der Waals surface area contributed by atoms with Gasteiger partial charge in [-0.05, 0) is 30.3 Å². The van der Waals surface area contributed by atoms with Crippen LogP contribution in [0.25, 0.3) is 0 Å². The third-order valence-corrected chi connectivity index (χ3v) is 4.87. The SMILES string of the molecule is O=S(=O)(Oc1cccc(Br)c1)c1c(Cl)cccc1Cl. The normalized spacial score (nSPS) is 11.3. The van der Waals surface area contributed by atoms with E-state index in [1.807, 2.05) is 0 Å². The van der Waals surface area contributed by atoms with E-state index >= 15 is 0 Å². The lowest BCUT2D eigenvalue weighted by Gasteiger charge is -2.09. The minimum atomic E-state index is -4.08. The van der Waals surface area contributed by atoms with Gasteiger partial charge in [-0.3, -0.25) is 0 Å². The van der Waals surface area contributed by atoms with Crippen molar-refractivity contribution in [2.75, 3.05) is 0 Å². The predicted molar refractivity (Wildman–Crippen MR) is 78.4 cm³/mol. The first-order valence-corrected chi connectivity index (χ1v) is 8.00. The van der Waals surface area contributed by atoms with Crippen LogP contribution in [0.1, 0.15) is 0 Å². The van der Waals surface area contributed by atoms with Gasteiger partial charge in [0.15, 0.2) is 0 Å². The molecule has 0 saturated heterocycles. The van der Waals surface area contributed by atoms with Gasteiger partial charge in [-0.2, -0.15) is 8.42 Å². The molecule has 100 valence electrons. The minimum Gasteiger partial charge on any atom is -0.379 e. The standard InChI is InChI=1S/C12H7BrCl2O3S/c13-8-3-1-4-9(7-8)18-19(16,17)12-10(14)5-2-6-11(12)15/h1-7H. The van der Waals surface area contributed by atoms with Crippen molar-refractivity contribution in [3.8, 4) is 5.75 Å². The maximum absolute atomic E-state index is 12.1. The Bertz CT molecular complexity index is 696. The van der Waals surface area contributed by atoms with Crippen LogP contribution in [0.15, 0.2) is 51.8 Å². The van der Waals surface area contributed by atoms with Crippen molar-refractivity contribution in [3.05, 3.63) is 57.0 Å². The predicted octanol–water partition coefficient (Wildman–Crippen LogP) is 4.52. The first-order chi connectivity index (χ1) is 8.90. The molecule has 3 nitrogen and oxygen atoms in total. The third-order valence-electron chi connectivity index (χ3n) is 2.17. The second kappa shape index (κ2) is 5.71. The Morgan fingerprint density at radius 1 is 1.00 bits per heavy atom. The smallest absolute Gasteiger partial charge is 0.342 e. The number of halogens is 3. The van der Waals surface area contributed by atoms with Crippen LogP contribution >= 0.6 is 39.1 Å². The summed E-state index contributed by atoms with van der Waals surface area (Å²) in [5.41, 5.74) is 0. The molecule has 0 saturated carbocycles.